The third kappa shape index (κ3) is 4.76. The summed E-state index contributed by atoms with van der Waals surface area (Å²) in [7, 11) is 3.81. The Kier molecular flexibility index (Phi) is 6.62. The van der Waals surface area contributed by atoms with Gasteiger partial charge in [0.15, 0.2) is 0 Å². The van der Waals surface area contributed by atoms with E-state index in [2.05, 4.69) is 0 Å². The first-order valence-corrected chi connectivity index (χ1v) is 11.2. The number of nitrogens with zero attached hydrogens (tertiary/aromatic N) is 2. The van der Waals surface area contributed by atoms with Gasteiger partial charge < -0.3 is 20.0 Å². The van der Waals surface area contributed by atoms with Crippen molar-refractivity contribution in [1.29, 1.82) is 0 Å². The molecule has 3 aromatic carbocycles. The van der Waals surface area contributed by atoms with Crippen molar-refractivity contribution in [3.8, 4) is 0 Å². The predicted molar refractivity (Wildman–Crippen MR) is 133 cm³/mol. The number of hydrogen-bond donors (Lipinski definition) is 2. The minimum Gasteiger partial charge on any atom is -0.507 e. The Bertz CT molecular complexity index is 1310. The second kappa shape index (κ2) is 9.64. The standard InChI is InChI=1S/C27H23ClN2O5/c1-29(2)21-13-9-17(10-14-21)23-22(24(31)18-7-11-20(28)12-8-18)25(32)26(33)30(23)15-16-3-5-19(6-4-16)27(34)35/h3-14,23,31H,15H2,1-2H3,(H,34,35)/b24-22+. The van der Waals surface area contributed by atoms with E-state index in [4.69, 9.17) is 16.7 Å². The van der Waals surface area contributed by atoms with Crippen LogP contribution in [0.4, 0.5) is 5.69 Å². The zero-order valence-corrected chi connectivity index (χ0v) is 19.9. The lowest BCUT2D eigenvalue weighted by molar-refractivity contribution is -0.140. The van der Waals surface area contributed by atoms with Crippen LogP contribution in [-0.4, -0.2) is 46.9 Å². The van der Waals surface area contributed by atoms with Gasteiger partial charge >= 0.3 is 5.97 Å². The van der Waals surface area contributed by atoms with Crippen LogP contribution in [0.3, 0.4) is 0 Å². The summed E-state index contributed by atoms with van der Waals surface area (Å²) in [5.41, 5.74) is 2.72. The molecule has 1 heterocycles. The summed E-state index contributed by atoms with van der Waals surface area (Å²) in [5, 5.41) is 20.7. The molecule has 0 aliphatic carbocycles. The summed E-state index contributed by atoms with van der Waals surface area (Å²) < 4.78 is 0. The van der Waals surface area contributed by atoms with E-state index in [1.54, 1.807) is 36.4 Å². The molecule has 1 amide bonds. The number of aliphatic hydroxyl groups excluding tert-OH is 1. The minimum atomic E-state index is -1.05. The van der Waals surface area contributed by atoms with E-state index in [-0.39, 0.29) is 23.4 Å². The Labute approximate surface area is 207 Å². The molecule has 0 aromatic heterocycles. The average molecular weight is 491 g/mol. The van der Waals surface area contributed by atoms with Gasteiger partial charge in [0.2, 0.25) is 0 Å². The lowest BCUT2D eigenvalue weighted by Crippen LogP contribution is -2.29. The van der Waals surface area contributed by atoms with Gasteiger partial charge in [-0.2, -0.15) is 0 Å². The molecule has 7 nitrogen and oxygen atoms in total. The number of carbonyl (C=O) groups is 3. The third-order valence-electron chi connectivity index (χ3n) is 5.94. The topological polar surface area (TPSA) is 98.2 Å². The van der Waals surface area contributed by atoms with Crippen molar-refractivity contribution in [2.45, 2.75) is 12.6 Å². The maximum absolute atomic E-state index is 13.2. The van der Waals surface area contributed by atoms with E-state index in [1.807, 2.05) is 43.3 Å². The van der Waals surface area contributed by atoms with Crippen molar-refractivity contribution in [3.05, 3.63) is 106 Å². The van der Waals surface area contributed by atoms with E-state index in [1.165, 1.54) is 17.0 Å². The molecule has 35 heavy (non-hydrogen) atoms. The highest BCUT2D eigenvalue weighted by molar-refractivity contribution is 6.46. The highest BCUT2D eigenvalue weighted by Gasteiger charge is 2.46. The van der Waals surface area contributed by atoms with Gasteiger partial charge in [-0.1, -0.05) is 35.9 Å². The Morgan fingerprint density at radius 1 is 0.886 bits per heavy atom. The zero-order valence-electron chi connectivity index (χ0n) is 19.1. The SMILES string of the molecule is CN(C)c1ccc(C2/C(=C(\O)c3ccc(Cl)cc3)C(=O)C(=O)N2Cc2ccc(C(=O)O)cc2)cc1. The third-order valence-corrected chi connectivity index (χ3v) is 6.19. The normalized spacial score (nSPS) is 17.0. The van der Waals surface area contributed by atoms with Crippen molar-refractivity contribution in [3.63, 3.8) is 0 Å². The molecule has 2 N–H and O–H groups in total. The molecule has 0 radical (unpaired) electrons. The van der Waals surface area contributed by atoms with Crippen LogP contribution in [0.2, 0.25) is 5.02 Å². The Morgan fingerprint density at radius 3 is 2.00 bits per heavy atom. The number of amides is 1. The fraction of sp³-hybridized carbons (Fsp3) is 0.148. The molecule has 4 rings (SSSR count). The van der Waals surface area contributed by atoms with Crippen LogP contribution in [0.25, 0.3) is 5.76 Å². The molecular weight excluding hydrogens is 468 g/mol. The molecule has 178 valence electrons. The van der Waals surface area contributed by atoms with Gasteiger partial charge in [0.1, 0.15) is 5.76 Å². The molecular formula is C27H23ClN2O5. The lowest BCUT2D eigenvalue weighted by Gasteiger charge is -2.26. The van der Waals surface area contributed by atoms with Crippen molar-refractivity contribution in [2.24, 2.45) is 0 Å². The number of benzene rings is 3. The first-order chi connectivity index (χ1) is 16.7. The molecule has 1 fully saturated rings. The predicted octanol–water partition coefficient (Wildman–Crippen LogP) is 4.73. The number of aliphatic hydroxyl groups is 1. The summed E-state index contributed by atoms with van der Waals surface area (Å²) in [6, 6.07) is 19.0. The first kappa shape index (κ1) is 24.0. The van der Waals surface area contributed by atoms with Gasteiger partial charge in [-0.15, -0.1) is 0 Å². The molecule has 1 saturated heterocycles. The lowest BCUT2D eigenvalue weighted by atomic mass is 9.95. The van der Waals surface area contributed by atoms with Gasteiger partial charge in [-0.3, -0.25) is 9.59 Å². The first-order valence-electron chi connectivity index (χ1n) is 10.8. The zero-order chi connectivity index (χ0) is 25.3. The largest absolute Gasteiger partial charge is 0.507 e. The number of halogens is 1. The molecule has 1 unspecified atom stereocenters. The van der Waals surface area contributed by atoms with E-state index in [0.717, 1.165) is 5.69 Å². The van der Waals surface area contributed by atoms with Gasteiger partial charge in [-0.05, 0) is 59.7 Å². The summed E-state index contributed by atoms with van der Waals surface area (Å²) >= 11 is 5.97. The van der Waals surface area contributed by atoms with Crippen LogP contribution in [0.1, 0.15) is 33.1 Å². The quantitative estimate of drug-likeness (QED) is 0.294. The Hall–Kier alpha value is -4.10. The van der Waals surface area contributed by atoms with Gasteiger partial charge in [0.05, 0.1) is 17.2 Å². The second-order valence-electron chi connectivity index (χ2n) is 8.42. The Balaban J connectivity index is 1.81. The van der Waals surface area contributed by atoms with E-state index >= 15 is 0 Å². The molecule has 0 saturated carbocycles. The van der Waals surface area contributed by atoms with Crippen LogP contribution < -0.4 is 4.90 Å². The Morgan fingerprint density at radius 2 is 1.46 bits per heavy atom. The van der Waals surface area contributed by atoms with E-state index in [0.29, 0.717) is 21.7 Å². The number of rotatable bonds is 6. The monoisotopic (exact) mass is 490 g/mol. The molecule has 3 aromatic rings. The van der Waals surface area contributed by atoms with E-state index in [9.17, 15) is 19.5 Å². The van der Waals surface area contributed by atoms with Crippen LogP contribution in [0, 0.1) is 0 Å². The average Bonchev–Trinajstić information content (AvgIpc) is 3.09. The summed E-state index contributed by atoms with van der Waals surface area (Å²) in [5.74, 6) is -2.88. The van der Waals surface area contributed by atoms with Crippen LogP contribution in [0.5, 0.6) is 0 Å². The fourth-order valence-corrected chi connectivity index (χ4v) is 4.18. The molecule has 1 aliphatic heterocycles. The van der Waals surface area contributed by atoms with Crippen molar-refractivity contribution >= 4 is 40.7 Å². The van der Waals surface area contributed by atoms with Crippen LogP contribution >= 0.6 is 11.6 Å². The van der Waals surface area contributed by atoms with Crippen molar-refractivity contribution in [1.82, 2.24) is 4.90 Å². The van der Waals surface area contributed by atoms with Gasteiger partial charge in [0, 0.05) is 36.9 Å². The fourth-order valence-electron chi connectivity index (χ4n) is 4.06. The second-order valence-corrected chi connectivity index (χ2v) is 8.86. The number of anilines is 1. The number of Topliss-reactive ketones (excluding diaryl/α,β-unsaturated/α-hetero) is 1. The van der Waals surface area contributed by atoms with Gasteiger partial charge in [0.25, 0.3) is 11.7 Å². The van der Waals surface area contributed by atoms with Crippen LogP contribution in [-0.2, 0) is 16.1 Å². The molecule has 0 spiro atoms. The molecule has 1 aliphatic rings. The van der Waals surface area contributed by atoms with Crippen molar-refractivity contribution < 1.29 is 24.6 Å². The maximum atomic E-state index is 13.2. The highest BCUT2D eigenvalue weighted by atomic mass is 35.5. The number of carboxylic acids is 1. The molecule has 0 bridgehead atoms. The number of ketones is 1. The van der Waals surface area contributed by atoms with Crippen LogP contribution in [0.15, 0.2) is 78.4 Å². The van der Waals surface area contributed by atoms with E-state index < -0.39 is 23.7 Å². The number of carbonyl (C=O) groups excluding carboxylic acids is 2. The molecule has 8 heteroatoms. The minimum absolute atomic E-state index is 0.0166. The summed E-state index contributed by atoms with van der Waals surface area (Å²) in [4.78, 5) is 40.8. The number of carboxylic acid groups (broad SMARTS) is 1. The number of likely N-dealkylation sites (tertiary alicyclic amines) is 1. The maximum Gasteiger partial charge on any atom is 0.335 e. The molecule has 1 atom stereocenters. The van der Waals surface area contributed by atoms with Gasteiger partial charge in [-0.25, -0.2) is 4.79 Å². The number of aromatic carboxylic acids is 1. The summed E-state index contributed by atoms with van der Waals surface area (Å²) in [6.07, 6.45) is 0. The van der Waals surface area contributed by atoms with Crippen molar-refractivity contribution in [2.75, 3.05) is 19.0 Å². The smallest absolute Gasteiger partial charge is 0.335 e. The highest BCUT2D eigenvalue weighted by Crippen LogP contribution is 2.40. The summed E-state index contributed by atoms with van der Waals surface area (Å²) in [6.45, 7) is 0.0575. The number of hydrogen-bond acceptors (Lipinski definition) is 5.